The van der Waals surface area contributed by atoms with Crippen molar-refractivity contribution in [1.29, 1.82) is 0 Å². The molecule has 2 aliphatic rings. The molecule has 3 N–H and O–H groups in total. The molecule has 7 heteroatoms. The summed E-state index contributed by atoms with van der Waals surface area (Å²) in [6, 6.07) is 14.1. The Morgan fingerprint density at radius 1 is 1.16 bits per heavy atom. The van der Waals surface area contributed by atoms with Crippen LogP contribution in [0.15, 0.2) is 60.4 Å². The molecule has 6 nitrogen and oxygen atoms in total. The largest absolute Gasteiger partial charge is 0.512 e. The van der Waals surface area contributed by atoms with Gasteiger partial charge in [-0.15, -0.1) is 0 Å². The van der Waals surface area contributed by atoms with E-state index in [4.69, 9.17) is 14.8 Å². The van der Waals surface area contributed by atoms with E-state index in [1.165, 1.54) is 12.1 Å². The zero-order valence-electron chi connectivity index (χ0n) is 17.1. The van der Waals surface area contributed by atoms with E-state index in [2.05, 4.69) is 0 Å². The third-order valence-electron chi connectivity index (χ3n) is 5.95. The van der Waals surface area contributed by atoms with E-state index in [1.807, 2.05) is 24.3 Å². The molecule has 2 aromatic carbocycles. The molecule has 1 aliphatic heterocycles. The zero-order chi connectivity index (χ0) is 22.4. The summed E-state index contributed by atoms with van der Waals surface area (Å²) in [6.45, 7) is 0. The second kappa shape index (κ2) is 8.00. The maximum absolute atomic E-state index is 13.6. The number of pyridine rings is 1. The monoisotopic (exact) mass is 435 g/mol. The molecule has 164 valence electrons. The number of hydrogen-bond acceptors (Lipinski definition) is 5. The van der Waals surface area contributed by atoms with Crippen LogP contribution in [-0.4, -0.2) is 38.5 Å². The van der Waals surface area contributed by atoms with Gasteiger partial charge in [-0.2, -0.15) is 0 Å². The van der Waals surface area contributed by atoms with Gasteiger partial charge in [0, 0.05) is 23.3 Å². The summed E-state index contributed by atoms with van der Waals surface area (Å²) in [5, 5.41) is 30.1. The number of carbonyl (C=O) groups is 1. The molecule has 0 bridgehead atoms. The highest BCUT2D eigenvalue weighted by Crippen LogP contribution is 2.53. The number of ether oxygens (including phenoxy) is 1. The maximum Gasteiger partial charge on any atom is 0.331 e. The molecule has 3 atom stereocenters. The highest BCUT2D eigenvalue weighted by atomic mass is 19.1. The Labute approximate surface area is 183 Å². The highest BCUT2D eigenvalue weighted by Gasteiger charge is 2.49. The van der Waals surface area contributed by atoms with Gasteiger partial charge in [-0.25, -0.2) is 9.18 Å². The number of fused-ring (bicyclic) bond motifs is 1. The van der Waals surface area contributed by atoms with Crippen LogP contribution in [0.1, 0.15) is 42.5 Å². The van der Waals surface area contributed by atoms with Gasteiger partial charge >= 0.3 is 5.97 Å². The Kier molecular flexibility index (Phi) is 5.15. The summed E-state index contributed by atoms with van der Waals surface area (Å²) < 4.78 is 19.5. The lowest BCUT2D eigenvalue weighted by molar-refractivity contribution is -0.131. The lowest BCUT2D eigenvalue weighted by Gasteiger charge is -2.17. The van der Waals surface area contributed by atoms with Crippen LogP contribution in [0, 0.1) is 5.82 Å². The third kappa shape index (κ3) is 3.97. The Bertz CT molecular complexity index is 1220. The van der Waals surface area contributed by atoms with Gasteiger partial charge in [0.25, 0.3) is 0 Å². The minimum atomic E-state index is -1.28. The van der Waals surface area contributed by atoms with E-state index < -0.39 is 30.0 Å². The molecule has 32 heavy (non-hydrogen) atoms. The van der Waals surface area contributed by atoms with Gasteiger partial charge in [0.1, 0.15) is 23.8 Å². The van der Waals surface area contributed by atoms with Gasteiger partial charge in [0.05, 0.1) is 23.4 Å². The van der Waals surface area contributed by atoms with Gasteiger partial charge in [-0.1, -0.05) is 30.3 Å². The predicted molar refractivity (Wildman–Crippen MR) is 116 cm³/mol. The van der Waals surface area contributed by atoms with Crippen molar-refractivity contribution in [3.8, 4) is 11.1 Å². The normalized spacial score (nSPS) is 21.5. The van der Waals surface area contributed by atoms with Gasteiger partial charge < -0.3 is 20.1 Å². The number of benzene rings is 2. The number of aromatic nitrogens is 1. The SMILES string of the molecule is O=C(O)/C=C(\O)CC(O)C1OC1c1c(C2CC2)nc2ccccc2c1-c1ccc(F)cc1. The van der Waals surface area contributed by atoms with Crippen LogP contribution in [0.4, 0.5) is 4.39 Å². The van der Waals surface area contributed by atoms with Crippen molar-refractivity contribution in [2.24, 2.45) is 0 Å². The van der Waals surface area contributed by atoms with Crippen molar-refractivity contribution in [3.05, 3.63) is 77.4 Å². The first kappa shape index (κ1) is 20.6. The number of aliphatic hydroxyl groups is 2. The fourth-order valence-corrected chi connectivity index (χ4v) is 4.31. The molecule has 0 spiro atoms. The van der Waals surface area contributed by atoms with E-state index in [0.29, 0.717) is 12.0 Å². The zero-order valence-corrected chi connectivity index (χ0v) is 17.1. The molecule has 1 aliphatic carbocycles. The first-order valence-corrected chi connectivity index (χ1v) is 10.6. The van der Waals surface area contributed by atoms with Crippen molar-refractivity contribution >= 4 is 16.9 Å². The number of aliphatic hydroxyl groups excluding tert-OH is 2. The molecule has 0 radical (unpaired) electrons. The summed E-state index contributed by atoms with van der Waals surface area (Å²) in [5.74, 6) is -1.72. The number of nitrogens with zero attached hydrogens (tertiary/aromatic N) is 1. The number of carboxylic acid groups (broad SMARTS) is 1. The molecule has 5 rings (SSSR count). The Morgan fingerprint density at radius 3 is 2.56 bits per heavy atom. The first-order chi connectivity index (χ1) is 15.4. The quantitative estimate of drug-likeness (QED) is 0.284. The van der Waals surface area contributed by atoms with E-state index >= 15 is 0 Å². The standard InChI is InChI=1S/C25H22FNO5/c26-15-9-7-13(8-10-15)21-17-3-1-2-4-18(17)27-23(14-5-6-14)22(21)25-24(32-25)19(29)11-16(28)12-20(30)31/h1-4,7-10,12,14,19,24-25,28-29H,5-6,11H2,(H,30,31)/b16-12-. The smallest absolute Gasteiger partial charge is 0.331 e. The minimum Gasteiger partial charge on any atom is -0.512 e. The van der Waals surface area contributed by atoms with Gasteiger partial charge in [0.2, 0.25) is 0 Å². The summed E-state index contributed by atoms with van der Waals surface area (Å²) in [6.07, 6.45) is 0.355. The van der Waals surface area contributed by atoms with Crippen LogP contribution in [0.2, 0.25) is 0 Å². The van der Waals surface area contributed by atoms with Crippen molar-refractivity contribution < 1.29 is 29.2 Å². The molecule has 3 aromatic rings. The molecule has 0 amide bonds. The Balaban J connectivity index is 1.60. The molecule has 1 saturated carbocycles. The second-order valence-electron chi connectivity index (χ2n) is 8.35. The average molecular weight is 435 g/mol. The molecule has 2 fully saturated rings. The number of aliphatic carboxylic acids is 1. The van der Waals surface area contributed by atoms with Gasteiger partial charge in [0.15, 0.2) is 0 Å². The summed E-state index contributed by atoms with van der Waals surface area (Å²) in [7, 11) is 0. The third-order valence-corrected chi connectivity index (χ3v) is 5.95. The van der Waals surface area contributed by atoms with Gasteiger partial charge in [-0.3, -0.25) is 4.98 Å². The Hall–Kier alpha value is -3.29. The summed E-state index contributed by atoms with van der Waals surface area (Å²) in [5.41, 5.74) is 4.38. The maximum atomic E-state index is 13.6. The summed E-state index contributed by atoms with van der Waals surface area (Å²) in [4.78, 5) is 15.7. The molecule has 1 saturated heterocycles. The van der Waals surface area contributed by atoms with E-state index in [1.54, 1.807) is 12.1 Å². The molecule has 3 unspecified atom stereocenters. The van der Waals surface area contributed by atoms with Crippen molar-refractivity contribution in [3.63, 3.8) is 0 Å². The van der Waals surface area contributed by atoms with Crippen LogP contribution in [-0.2, 0) is 9.53 Å². The lowest BCUT2D eigenvalue weighted by atomic mass is 9.89. The molecular formula is C25H22FNO5. The minimum absolute atomic E-state index is 0.223. The molecule has 2 heterocycles. The predicted octanol–water partition coefficient (Wildman–Crippen LogP) is 4.64. The van der Waals surface area contributed by atoms with Crippen LogP contribution in [0.3, 0.4) is 0 Å². The Morgan fingerprint density at radius 2 is 1.88 bits per heavy atom. The molecular weight excluding hydrogens is 413 g/mol. The van der Waals surface area contributed by atoms with Gasteiger partial charge in [-0.05, 0) is 42.2 Å². The van der Waals surface area contributed by atoms with Crippen molar-refractivity contribution in [1.82, 2.24) is 4.98 Å². The second-order valence-corrected chi connectivity index (χ2v) is 8.35. The van der Waals surface area contributed by atoms with E-state index in [-0.39, 0.29) is 12.2 Å². The number of carboxylic acids is 1. The fraction of sp³-hybridized carbons (Fsp3) is 0.280. The number of epoxide rings is 1. The number of hydrogen-bond donors (Lipinski definition) is 3. The topological polar surface area (TPSA) is 103 Å². The number of para-hydroxylation sites is 1. The van der Waals surface area contributed by atoms with Crippen molar-refractivity contribution in [2.75, 3.05) is 0 Å². The highest BCUT2D eigenvalue weighted by molar-refractivity contribution is 5.97. The van der Waals surface area contributed by atoms with Crippen LogP contribution >= 0.6 is 0 Å². The van der Waals surface area contributed by atoms with Crippen LogP contribution in [0.25, 0.3) is 22.0 Å². The number of rotatable bonds is 7. The number of halogens is 1. The van der Waals surface area contributed by atoms with E-state index in [0.717, 1.165) is 46.1 Å². The first-order valence-electron chi connectivity index (χ1n) is 10.6. The van der Waals surface area contributed by atoms with Crippen molar-refractivity contribution in [2.45, 2.75) is 43.5 Å². The lowest BCUT2D eigenvalue weighted by Crippen LogP contribution is -2.17. The molecule has 1 aromatic heterocycles. The average Bonchev–Trinajstić information content (AvgIpc) is 3.66. The van der Waals surface area contributed by atoms with E-state index in [9.17, 15) is 19.4 Å². The van der Waals surface area contributed by atoms with Crippen LogP contribution < -0.4 is 0 Å². The van der Waals surface area contributed by atoms with Crippen LogP contribution in [0.5, 0.6) is 0 Å². The summed E-state index contributed by atoms with van der Waals surface area (Å²) >= 11 is 0. The fourth-order valence-electron chi connectivity index (χ4n) is 4.31.